The van der Waals surface area contributed by atoms with Crippen LogP contribution in [-0.2, 0) is 17.8 Å². The molecule has 3 aromatic rings. The van der Waals surface area contributed by atoms with E-state index in [2.05, 4.69) is 15.6 Å². The Morgan fingerprint density at radius 1 is 1.13 bits per heavy atom. The van der Waals surface area contributed by atoms with E-state index in [1.54, 1.807) is 24.3 Å². The van der Waals surface area contributed by atoms with Crippen LogP contribution in [0.5, 0.6) is 0 Å². The van der Waals surface area contributed by atoms with Gasteiger partial charge in [0.1, 0.15) is 11.5 Å². The van der Waals surface area contributed by atoms with Crippen molar-refractivity contribution in [3.63, 3.8) is 0 Å². The summed E-state index contributed by atoms with van der Waals surface area (Å²) in [4.78, 5) is 39.9. The number of aryl methyl sites for hydroxylation is 1. The van der Waals surface area contributed by atoms with E-state index < -0.39 is 5.25 Å². The van der Waals surface area contributed by atoms with E-state index in [1.165, 1.54) is 0 Å². The smallest absolute Gasteiger partial charge is 0.286 e. The number of carbonyl (C=O) groups is 3. The first-order valence-corrected chi connectivity index (χ1v) is 10.3. The van der Waals surface area contributed by atoms with Gasteiger partial charge in [0.25, 0.3) is 11.1 Å². The number of oxazole rings is 1. The Morgan fingerprint density at radius 3 is 2.53 bits per heavy atom. The van der Waals surface area contributed by atoms with Gasteiger partial charge in [-0.3, -0.25) is 19.7 Å². The maximum Gasteiger partial charge on any atom is 0.286 e. The Bertz CT molecular complexity index is 1090. The minimum atomic E-state index is -0.425. The largest absolute Gasteiger partial charge is 0.441 e. The average Bonchev–Trinajstić information content (AvgIpc) is 3.28. The standard InChI is InChI=1S/C22H19N3O4S/c1-13-17(24-21(29-13)16-5-3-2-4-6-16)12-23-19(26)15-9-7-14(8-10-15)11-18-20(27)25-22(28)30-18/h2-10,18H,11-12H2,1H3,(H,23,26)(H,25,27,28). The van der Waals surface area contributed by atoms with Gasteiger partial charge in [-0.1, -0.05) is 42.1 Å². The van der Waals surface area contributed by atoms with Crippen molar-refractivity contribution >= 4 is 28.8 Å². The molecule has 1 saturated heterocycles. The molecule has 1 aliphatic rings. The summed E-state index contributed by atoms with van der Waals surface area (Å²) in [7, 11) is 0. The summed E-state index contributed by atoms with van der Waals surface area (Å²) >= 11 is 0.992. The minimum Gasteiger partial charge on any atom is -0.441 e. The SMILES string of the molecule is Cc1oc(-c2ccccc2)nc1CNC(=O)c1ccc(CC2SC(=O)NC2=O)cc1. The van der Waals surface area contributed by atoms with Crippen LogP contribution in [0.4, 0.5) is 4.79 Å². The Hall–Kier alpha value is -3.39. The van der Waals surface area contributed by atoms with Crippen LogP contribution < -0.4 is 10.6 Å². The fourth-order valence-corrected chi connectivity index (χ4v) is 3.96. The van der Waals surface area contributed by atoms with E-state index in [0.29, 0.717) is 29.3 Å². The summed E-state index contributed by atoms with van der Waals surface area (Å²) in [6.07, 6.45) is 0.435. The van der Waals surface area contributed by atoms with Gasteiger partial charge in [-0.15, -0.1) is 0 Å². The summed E-state index contributed by atoms with van der Waals surface area (Å²) in [5, 5.41) is 4.38. The molecule has 1 aromatic heterocycles. The molecule has 30 heavy (non-hydrogen) atoms. The van der Waals surface area contributed by atoms with Crippen LogP contribution >= 0.6 is 11.8 Å². The second-order valence-corrected chi connectivity index (χ2v) is 8.03. The zero-order chi connectivity index (χ0) is 21.1. The van der Waals surface area contributed by atoms with E-state index in [4.69, 9.17) is 4.42 Å². The second-order valence-electron chi connectivity index (χ2n) is 6.85. The fraction of sp³-hybridized carbons (Fsp3) is 0.182. The molecule has 2 heterocycles. The summed E-state index contributed by atoms with van der Waals surface area (Å²) < 4.78 is 5.71. The summed E-state index contributed by atoms with van der Waals surface area (Å²) in [5.74, 6) is 0.679. The number of imide groups is 1. The fourth-order valence-electron chi connectivity index (χ4n) is 3.10. The number of hydrogen-bond acceptors (Lipinski definition) is 6. The van der Waals surface area contributed by atoms with Crippen LogP contribution in [0.25, 0.3) is 11.5 Å². The molecule has 0 aliphatic carbocycles. The zero-order valence-electron chi connectivity index (χ0n) is 16.2. The maximum atomic E-state index is 12.5. The highest BCUT2D eigenvalue weighted by molar-refractivity contribution is 8.15. The molecule has 1 aliphatic heterocycles. The molecule has 1 unspecified atom stereocenters. The predicted octanol–water partition coefficient (Wildman–Crippen LogP) is 3.47. The van der Waals surface area contributed by atoms with Crippen LogP contribution in [0, 0.1) is 6.92 Å². The van der Waals surface area contributed by atoms with Crippen LogP contribution in [0.2, 0.25) is 0 Å². The molecule has 1 atom stereocenters. The van der Waals surface area contributed by atoms with Gasteiger partial charge < -0.3 is 9.73 Å². The Kier molecular flexibility index (Phi) is 5.67. The van der Waals surface area contributed by atoms with E-state index in [9.17, 15) is 14.4 Å². The van der Waals surface area contributed by atoms with Crippen LogP contribution in [0.3, 0.4) is 0 Å². The van der Waals surface area contributed by atoms with Crippen molar-refractivity contribution < 1.29 is 18.8 Å². The molecule has 0 saturated carbocycles. The van der Waals surface area contributed by atoms with E-state index in [1.807, 2.05) is 37.3 Å². The average molecular weight is 421 g/mol. The Balaban J connectivity index is 1.36. The number of nitrogens with zero attached hydrogens (tertiary/aromatic N) is 1. The van der Waals surface area contributed by atoms with Gasteiger partial charge in [0.15, 0.2) is 0 Å². The number of aromatic nitrogens is 1. The van der Waals surface area contributed by atoms with Crippen LogP contribution in [-0.4, -0.2) is 27.3 Å². The molecule has 2 N–H and O–H groups in total. The Labute approximate surface area is 177 Å². The first-order valence-electron chi connectivity index (χ1n) is 9.40. The molecule has 0 radical (unpaired) electrons. The van der Waals surface area contributed by atoms with Gasteiger partial charge in [-0.25, -0.2) is 4.98 Å². The number of rotatable bonds is 6. The molecule has 4 rings (SSSR count). The number of hydrogen-bond donors (Lipinski definition) is 2. The molecule has 2 aromatic carbocycles. The lowest BCUT2D eigenvalue weighted by molar-refractivity contribution is -0.118. The van der Waals surface area contributed by atoms with Gasteiger partial charge in [0.2, 0.25) is 11.8 Å². The number of thioether (sulfide) groups is 1. The monoisotopic (exact) mass is 421 g/mol. The third-order valence-electron chi connectivity index (χ3n) is 4.73. The number of amides is 3. The first kappa shape index (κ1) is 19.9. The molecular formula is C22H19N3O4S. The number of carbonyl (C=O) groups excluding carboxylic acids is 3. The first-order chi connectivity index (χ1) is 14.5. The number of benzene rings is 2. The quantitative estimate of drug-likeness (QED) is 0.632. The lowest BCUT2D eigenvalue weighted by Crippen LogP contribution is -2.25. The third-order valence-corrected chi connectivity index (χ3v) is 5.72. The van der Waals surface area contributed by atoms with Gasteiger partial charge in [0.05, 0.1) is 11.8 Å². The van der Waals surface area contributed by atoms with Crippen LogP contribution in [0.1, 0.15) is 27.4 Å². The highest BCUT2D eigenvalue weighted by Crippen LogP contribution is 2.23. The molecular weight excluding hydrogens is 402 g/mol. The highest BCUT2D eigenvalue weighted by atomic mass is 32.2. The zero-order valence-corrected chi connectivity index (χ0v) is 17.0. The van der Waals surface area contributed by atoms with Crippen molar-refractivity contribution in [1.29, 1.82) is 0 Å². The van der Waals surface area contributed by atoms with E-state index in [0.717, 1.165) is 22.9 Å². The van der Waals surface area contributed by atoms with Crippen molar-refractivity contribution in [2.45, 2.75) is 25.1 Å². The van der Waals surface area contributed by atoms with E-state index in [-0.39, 0.29) is 23.6 Å². The van der Waals surface area contributed by atoms with Crippen molar-refractivity contribution in [3.05, 3.63) is 77.2 Å². The van der Waals surface area contributed by atoms with Crippen molar-refractivity contribution in [1.82, 2.24) is 15.6 Å². The highest BCUT2D eigenvalue weighted by Gasteiger charge is 2.31. The molecule has 0 bridgehead atoms. The van der Waals surface area contributed by atoms with Crippen LogP contribution in [0.15, 0.2) is 59.0 Å². The van der Waals surface area contributed by atoms with E-state index >= 15 is 0 Å². The second kappa shape index (κ2) is 8.54. The van der Waals surface area contributed by atoms with Crippen molar-refractivity contribution in [2.75, 3.05) is 0 Å². The van der Waals surface area contributed by atoms with Gasteiger partial charge in [0, 0.05) is 11.1 Å². The lowest BCUT2D eigenvalue weighted by Gasteiger charge is -2.07. The summed E-state index contributed by atoms with van der Waals surface area (Å²) in [5.41, 5.74) is 2.94. The summed E-state index contributed by atoms with van der Waals surface area (Å²) in [6.45, 7) is 2.07. The number of nitrogens with one attached hydrogen (secondary N) is 2. The van der Waals surface area contributed by atoms with Gasteiger partial charge >= 0.3 is 0 Å². The third kappa shape index (κ3) is 4.44. The Morgan fingerprint density at radius 2 is 1.87 bits per heavy atom. The predicted molar refractivity (Wildman–Crippen MR) is 113 cm³/mol. The van der Waals surface area contributed by atoms with Crippen molar-refractivity contribution in [2.24, 2.45) is 0 Å². The van der Waals surface area contributed by atoms with Crippen molar-refractivity contribution in [3.8, 4) is 11.5 Å². The molecule has 8 heteroatoms. The molecule has 7 nitrogen and oxygen atoms in total. The normalized spacial score (nSPS) is 15.8. The van der Waals surface area contributed by atoms with Gasteiger partial charge in [-0.2, -0.15) is 0 Å². The molecule has 0 spiro atoms. The molecule has 1 fully saturated rings. The lowest BCUT2D eigenvalue weighted by atomic mass is 10.1. The molecule has 152 valence electrons. The minimum absolute atomic E-state index is 0.228. The maximum absolute atomic E-state index is 12.5. The van der Waals surface area contributed by atoms with Gasteiger partial charge in [-0.05, 0) is 43.2 Å². The molecule has 3 amide bonds. The topological polar surface area (TPSA) is 101 Å². The summed E-state index contributed by atoms with van der Waals surface area (Å²) in [6, 6.07) is 16.6.